The molecule has 0 N–H and O–H groups in total. The minimum Gasteiger partial charge on any atom is -0.457 e. The second-order valence-electron chi connectivity index (χ2n) is 5.35. The van der Waals surface area contributed by atoms with E-state index in [9.17, 15) is 10.1 Å². The van der Waals surface area contributed by atoms with Gasteiger partial charge in [0.2, 0.25) is 0 Å². The molecule has 0 aliphatic heterocycles. The molecule has 0 aliphatic rings. The molecule has 26 heavy (non-hydrogen) atoms. The molecule has 0 amide bonds. The largest absolute Gasteiger partial charge is 0.457 e. The summed E-state index contributed by atoms with van der Waals surface area (Å²) in [5.74, 6) is 1.50. The van der Waals surface area contributed by atoms with Gasteiger partial charge in [-0.15, -0.1) is 0 Å². The number of benzene rings is 2. The van der Waals surface area contributed by atoms with Gasteiger partial charge in [-0.3, -0.25) is 10.1 Å². The summed E-state index contributed by atoms with van der Waals surface area (Å²) in [5.41, 5.74) is 0.861. The molecular formula is C19H13N3O4. The Balaban J connectivity index is 1.75. The Kier molecular flexibility index (Phi) is 4.76. The zero-order chi connectivity index (χ0) is 18.5. The normalized spacial score (nSPS) is 10.0. The Morgan fingerprint density at radius 3 is 2.04 bits per heavy atom. The molecule has 0 spiro atoms. The van der Waals surface area contributed by atoms with E-state index in [1.54, 1.807) is 61.5 Å². The lowest BCUT2D eigenvalue weighted by Crippen LogP contribution is -1.98. The summed E-state index contributed by atoms with van der Waals surface area (Å²) in [6.07, 6.45) is 1.46. The monoisotopic (exact) mass is 347 g/mol. The van der Waals surface area contributed by atoms with Gasteiger partial charge in [-0.25, -0.2) is 4.98 Å². The lowest BCUT2D eigenvalue weighted by atomic mass is 10.2. The molecule has 0 saturated carbocycles. The van der Waals surface area contributed by atoms with Gasteiger partial charge in [0.05, 0.1) is 16.6 Å². The van der Waals surface area contributed by atoms with Crippen molar-refractivity contribution in [2.24, 2.45) is 0 Å². The summed E-state index contributed by atoms with van der Waals surface area (Å²) in [5, 5.41) is 20.0. The molecule has 3 rings (SSSR count). The minimum atomic E-state index is -0.514. The molecule has 1 heterocycles. The summed E-state index contributed by atoms with van der Waals surface area (Å²) in [6, 6.07) is 16.9. The van der Waals surface area contributed by atoms with Gasteiger partial charge in [0.25, 0.3) is 5.88 Å². The first kappa shape index (κ1) is 16.9. The van der Waals surface area contributed by atoms with Crippen LogP contribution in [-0.4, -0.2) is 9.91 Å². The van der Waals surface area contributed by atoms with Crippen LogP contribution in [-0.2, 0) is 0 Å². The molecule has 0 fully saturated rings. The number of rotatable bonds is 5. The van der Waals surface area contributed by atoms with Crippen LogP contribution in [0.15, 0.2) is 60.8 Å². The summed E-state index contributed by atoms with van der Waals surface area (Å²) in [7, 11) is 0. The summed E-state index contributed by atoms with van der Waals surface area (Å²) in [4.78, 5) is 14.6. The molecule has 7 nitrogen and oxygen atoms in total. The SMILES string of the molecule is Cc1ccnc(Oc2ccc(Oc3ccc(C#N)cc3)cc2)c1[N+](=O)[O-]. The van der Waals surface area contributed by atoms with Gasteiger partial charge >= 0.3 is 5.69 Å². The Bertz CT molecular complexity index is 977. The van der Waals surface area contributed by atoms with E-state index in [1.807, 2.05) is 6.07 Å². The van der Waals surface area contributed by atoms with E-state index >= 15 is 0 Å². The van der Waals surface area contributed by atoms with E-state index in [0.717, 1.165) is 0 Å². The van der Waals surface area contributed by atoms with Crippen molar-refractivity contribution >= 4 is 5.69 Å². The Morgan fingerprint density at radius 1 is 0.962 bits per heavy atom. The average Bonchev–Trinajstić information content (AvgIpc) is 2.64. The van der Waals surface area contributed by atoms with Crippen molar-refractivity contribution < 1.29 is 14.4 Å². The number of hydrogen-bond donors (Lipinski definition) is 0. The van der Waals surface area contributed by atoms with Crippen LogP contribution >= 0.6 is 0 Å². The van der Waals surface area contributed by atoms with Crippen LogP contribution in [0.2, 0.25) is 0 Å². The highest BCUT2D eigenvalue weighted by Gasteiger charge is 2.20. The fourth-order valence-electron chi connectivity index (χ4n) is 2.24. The maximum atomic E-state index is 11.2. The zero-order valence-corrected chi connectivity index (χ0v) is 13.7. The van der Waals surface area contributed by atoms with Crippen molar-refractivity contribution in [1.82, 2.24) is 4.98 Å². The average molecular weight is 347 g/mol. The number of pyridine rings is 1. The highest BCUT2D eigenvalue weighted by molar-refractivity contribution is 5.49. The predicted molar refractivity (Wildman–Crippen MR) is 93.4 cm³/mol. The molecule has 0 bridgehead atoms. The molecule has 0 aliphatic carbocycles. The van der Waals surface area contributed by atoms with E-state index < -0.39 is 4.92 Å². The Labute approximate surface area is 149 Å². The molecule has 0 unspecified atom stereocenters. The summed E-state index contributed by atoms with van der Waals surface area (Å²) >= 11 is 0. The first-order valence-corrected chi connectivity index (χ1v) is 7.63. The van der Waals surface area contributed by atoms with E-state index in [0.29, 0.717) is 28.4 Å². The second kappa shape index (κ2) is 7.32. The third kappa shape index (κ3) is 3.76. The lowest BCUT2D eigenvalue weighted by Gasteiger charge is -2.08. The zero-order valence-electron chi connectivity index (χ0n) is 13.7. The molecule has 128 valence electrons. The van der Waals surface area contributed by atoms with Gasteiger partial charge < -0.3 is 9.47 Å². The van der Waals surface area contributed by atoms with Crippen molar-refractivity contribution in [1.29, 1.82) is 5.26 Å². The second-order valence-corrected chi connectivity index (χ2v) is 5.35. The van der Waals surface area contributed by atoms with Crippen LogP contribution in [0.25, 0.3) is 0 Å². The van der Waals surface area contributed by atoms with Crippen LogP contribution in [0.5, 0.6) is 23.1 Å². The summed E-state index contributed by atoms with van der Waals surface area (Å²) < 4.78 is 11.2. The number of nitriles is 1. The van der Waals surface area contributed by atoms with Gasteiger partial charge in [-0.05, 0) is 61.5 Å². The standard InChI is InChI=1S/C19H13N3O4/c1-13-10-11-21-19(18(13)22(23)24)26-17-8-6-16(7-9-17)25-15-4-2-14(12-20)3-5-15/h2-11H,1H3. The highest BCUT2D eigenvalue weighted by Crippen LogP contribution is 2.32. The molecule has 1 aromatic heterocycles. The maximum absolute atomic E-state index is 11.2. The minimum absolute atomic E-state index is 0.0595. The third-order valence-electron chi connectivity index (χ3n) is 3.53. The van der Waals surface area contributed by atoms with Crippen molar-refractivity contribution in [3.8, 4) is 29.2 Å². The smallest absolute Gasteiger partial charge is 0.334 e. The van der Waals surface area contributed by atoms with Crippen LogP contribution in [0.1, 0.15) is 11.1 Å². The maximum Gasteiger partial charge on any atom is 0.334 e. The number of hydrogen-bond acceptors (Lipinski definition) is 6. The van der Waals surface area contributed by atoms with Gasteiger partial charge in [0.1, 0.15) is 17.2 Å². The third-order valence-corrected chi connectivity index (χ3v) is 3.53. The van der Waals surface area contributed by atoms with Gasteiger partial charge in [0, 0.05) is 11.8 Å². The van der Waals surface area contributed by atoms with Crippen LogP contribution < -0.4 is 9.47 Å². The molecule has 0 atom stereocenters. The van der Waals surface area contributed by atoms with E-state index in [2.05, 4.69) is 4.98 Å². The molecule has 2 aromatic carbocycles. The van der Waals surface area contributed by atoms with Gasteiger partial charge in [-0.1, -0.05) is 0 Å². The summed E-state index contributed by atoms with van der Waals surface area (Å²) in [6.45, 7) is 1.63. The number of aromatic nitrogens is 1. The number of ether oxygens (including phenoxy) is 2. The molecule has 0 radical (unpaired) electrons. The van der Waals surface area contributed by atoms with Crippen molar-refractivity contribution in [3.63, 3.8) is 0 Å². The van der Waals surface area contributed by atoms with Crippen LogP contribution in [0, 0.1) is 28.4 Å². The molecule has 0 saturated heterocycles. The van der Waals surface area contributed by atoms with Crippen LogP contribution in [0.4, 0.5) is 5.69 Å². The quantitative estimate of drug-likeness (QED) is 0.488. The van der Waals surface area contributed by atoms with Crippen molar-refractivity contribution in [3.05, 3.63) is 82.0 Å². The first-order valence-electron chi connectivity index (χ1n) is 7.63. The lowest BCUT2D eigenvalue weighted by molar-refractivity contribution is -0.386. The number of aryl methyl sites for hydroxylation is 1. The predicted octanol–water partition coefficient (Wildman–Crippen LogP) is 4.75. The molecule has 7 heteroatoms. The van der Waals surface area contributed by atoms with Gasteiger partial charge in [-0.2, -0.15) is 5.26 Å². The Morgan fingerprint density at radius 2 is 1.50 bits per heavy atom. The molecular weight excluding hydrogens is 334 g/mol. The number of nitrogens with zero attached hydrogens (tertiary/aromatic N) is 3. The first-order chi connectivity index (χ1) is 12.6. The van der Waals surface area contributed by atoms with E-state index in [1.165, 1.54) is 6.20 Å². The van der Waals surface area contributed by atoms with Gasteiger partial charge in [0.15, 0.2) is 0 Å². The number of nitro groups is 1. The molecule has 3 aromatic rings. The topological polar surface area (TPSA) is 98.3 Å². The van der Waals surface area contributed by atoms with E-state index in [4.69, 9.17) is 14.7 Å². The van der Waals surface area contributed by atoms with Crippen LogP contribution in [0.3, 0.4) is 0 Å². The highest BCUT2D eigenvalue weighted by atomic mass is 16.6. The fourth-order valence-corrected chi connectivity index (χ4v) is 2.24. The Hall–Kier alpha value is -3.92. The fraction of sp³-hybridized carbons (Fsp3) is 0.0526. The van der Waals surface area contributed by atoms with E-state index in [-0.39, 0.29) is 11.6 Å². The van der Waals surface area contributed by atoms with Crippen molar-refractivity contribution in [2.45, 2.75) is 6.92 Å². The van der Waals surface area contributed by atoms with Crippen molar-refractivity contribution in [2.75, 3.05) is 0 Å².